The monoisotopic (exact) mass is 183 g/mol. The van der Waals surface area contributed by atoms with E-state index >= 15 is 0 Å². The largest absolute Gasteiger partial charge is 0.399 e. The maximum Gasteiger partial charge on any atom is 0.106 e. The van der Waals surface area contributed by atoms with E-state index < -0.39 is 0 Å². The van der Waals surface area contributed by atoms with E-state index in [4.69, 9.17) is 11.6 Å². The second-order valence-corrected chi connectivity index (χ2v) is 2.80. The average Bonchev–Trinajstić information content (AvgIpc) is 2.06. The fraction of sp³-hybridized carbons (Fsp3) is 0.222. The van der Waals surface area contributed by atoms with E-state index in [2.05, 4.69) is 9.99 Å². The van der Waals surface area contributed by atoms with Crippen LogP contribution in [0.4, 0.5) is 0 Å². The second-order valence-electron chi connectivity index (χ2n) is 2.37. The van der Waals surface area contributed by atoms with Gasteiger partial charge >= 0.3 is 0 Å². The molecule has 1 aromatic rings. The summed E-state index contributed by atoms with van der Waals surface area (Å²) in [7, 11) is 1.53. The molecule has 0 unspecified atom stereocenters. The number of nitrogens with zero attached hydrogens (tertiary/aromatic N) is 1. The summed E-state index contributed by atoms with van der Waals surface area (Å²) in [4.78, 5) is 4.64. The molecule has 0 aliphatic rings. The minimum absolute atomic E-state index is 0.726. The van der Waals surface area contributed by atoms with Gasteiger partial charge in [-0.15, -0.1) is 0 Å². The van der Waals surface area contributed by atoms with Gasteiger partial charge in [0.15, 0.2) is 0 Å². The molecular weight excluding hydrogens is 174 g/mol. The third-order valence-electron chi connectivity index (χ3n) is 1.49. The Labute approximate surface area is 76.8 Å². The highest BCUT2D eigenvalue weighted by atomic mass is 35.5. The molecule has 0 aliphatic carbocycles. The normalized spacial score (nSPS) is 11.4. The van der Waals surface area contributed by atoms with Crippen LogP contribution in [0, 0.1) is 0 Å². The summed E-state index contributed by atoms with van der Waals surface area (Å²) < 4.78 is 0. The van der Waals surface area contributed by atoms with Crippen LogP contribution >= 0.6 is 11.6 Å². The van der Waals surface area contributed by atoms with Gasteiger partial charge in [-0.05, 0) is 24.6 Å². The Morgan fingerprint density at radius 1 is 1.33 bits per heavy atom. The van der Waals surface area contributed by atoms with Gasteiger partial charge in [-0.1, -0.05) is 28.9 Å². The Hall–Kier alpha value is -1.02. The van der Waals surface area contributed by atoms with Crippen molar-refractivity contribution < 1.29 is 4.84 Å². The lowest BCUT2D eigenvalue weighted by Crippen LogP contribution is -1.94. The highest BCUT2D eigenvalue weighted by molar-refractivity contribution is 6.30. The standard InChI is InChI=1S/C9H10ClNO/c1-7(11-12-2)8-3-5-9(10)6-4-8/h3-6H,1-2H3/b11-7-. The Bertz CT molecular complexity index is 279. The highest BCUT2D eigenvalue weighted by Gasteiger charge is 1.96. The van der Waals surface area contributed by atoms with E-state index in [1.54, 1.807) is 0 Å². The number of halogens is 1. The zero-order valence-electron chi connectivity index (χ0n) is 7.04. The van der Waals surface area contributed by atoms with Gasteiger partial charge in [0.05, 0.1) is 5.71 Å². The average molecular weight is 184 g/mol. The Balaban J connectivity index is 2.89. The number of hydrogen-bond acceptors (Lipinski definition) is 2. The lowest BCUT2D eigenvalue weighted by molar-refractivity contribution is 0.213. The highest BCUT2D eigenvalue weighted by Crippen LogP contribution is 2.10. The van der Waals surface area contributed by atoms with Gasteiger partial charge in [0, 0.05) is 5.02 Å². The van der Waals surface area contributed by atoms with E-state index in [1.807, 2.05) is 31.2 Å². The number of hydrogen-bond donors (Lipinski definition) is 0. The van der Waals surface area contributed by atoms with Crippen molar-refractivity contribution in [3.05, 3.63) is 34.9 Å². The van der Waals surface area contributed by atoms with Gasteiger partial charge in [-0.2, -0.15) is 0 Å². The molecule has 0 fully saturated rings. The van der Waals surface area contributed by atoms with Crippen molar-refractivity contribution >= 4 is 17.3 Å². The molecule has 0 heterocycles. The molecule has 0 spiro atoms. The lowest BCUT2D eigenvalue weighted by Gasteiger charge is -1.98. The molecule has 0 saturated heterocycles. The van der Waals surface area contributed by atoms with Gasteiger partial charge in [0.2, 0.25) is 0 Å². The number of benzene rings is 1. The number of oxime groups is 1. The molecule has 0 bridgehead atoms. The van der Waals surface area contributed by atoms with Gasteiger partial charge in [-0.3, -0.25) is 0 Å². The van der Waals surface area contributed by atoms with Crippen LogP contribution in [0.3, 0.4) is 0 Å². The van der Waals surface area contributed by atoms with Crippen LogP contribution in [0.25, 0.3) is 0 Å². The molecule has 0 atom stereocenters. The summed E-state index contributed by atoms with van der Waals surface area (Å²) in [6, 6.07) is 7.46. The summed E-state index contributed by atoms with van der Waals surface area (Å²) in [5.74, 6) is 0. The van der Waals surface area contributed by atoms with Crippen molar-refractivity contribution in [1.82, 2.24) is 0 Å². The van der Waals surface area contributed by atoms with Crippen LogP contribution in [-0.2, 0) is 4.84 Å². The first-order valence-electron chi connectivity index (χ1n) is 3.57. The van der Waals surface area contributed by atoms with Crippen LogP contribution < -0.4 is 0 Å². The summed E-state index contributed by atoms with van der Waals surface area (Å²) >= 11 is 5.72. The van der Waals surface area contributed by atoms with Gasteiger partial charge in [-0.25, -0.2) is 0 Å². The quantitative estimate of drug-likeness (QED) is 0.510. The van der Waals surface area contributed by atoms with Crippen molar-refractivity contribution in [2.45, 2.75) is 6.92 Å². The van der Waals surface area contributed by atoms with E-state index in [1.165, 1.54) is 7.11 Å². The first kappa shape index (κ1) is 9.07. The first-order valence-corrected chi connectivity index (χ1v) is 3.95. The molecule has 64 valence electrons. The maximum absolute atomic E-state index is 5.72. The van der Waals surface area contributed by atoms with Crippen LogP contribution in [0.2, 0.25) is 5.02 Å². The fourth-order valence-electron chi connectivity index (χ4n) is 0.881. The molecule has 0 N–H and O–H groups in total. The topological polar surface area (TPSA) is 21.6 Å². The summed E-state index contributed by atoms with van der Waals surface area (Å²) in [5, 5.41) is 4.52. The van der Waals surface area contributed by atoms with Crippen molar-refractivity contribution in [2.24, 2.45) is 5.16 Å². The predicted molar refractivity (Wildman–Crippen MR) is 50.7 cm³/mol. The molecule has 3 heteroatoms. The summed E-state index contributed by atoms with van der Waals surface area (Å²) in [5.41, 5.74) is 1.86. The summed E-state index contributed by atoms with van der Waals surface area (Å²) in [6.07, 6.45) is 0. The van der Waals surface area contributed by atoms with E-state index in [0.717, 1.165) is 16.3 Å². The smallest absolute Gasteiger partial charge is 0.106 e. The maximum atomic E-state index is 5.72. The van der Waals surface area contributed by atoms with E-state index in [0.29, 0.717) is 0 Å². The van der Waals surface area contributed by atoms with Crippen molar-refractivity contribution in [2.75, 3.05) is 7.11 Å². The molecule has 1 rings (SSSR count). The Kier molecular flexibility index (Phi) is 3.11. The zero-order chi connectivity index (χ0) is 8.97. The van der Waals surface area contributed by atoms with E-state index in [9.17, 15) is 0 Å². The Morgan fingerprint density at radius 3 is 2.42 bits per heavy atom. The number of rotatable bonds is 2. The predicted octanol–water partition coefficient (Wildman–Crippen LogP) is 2.71. The molecule has 0 aromatic heterocycles. The van der Waals surface area contributed by atoms with Crippen LogP contribution in [0.5, 0.6) is 0 Å². The van der Waals surface area contributed by atoms with Gasteiger partial charge < -0.3 is 4.84 Å². The van der Waals surface area contributed by atoms with Gasteiger partial charge in [0.25, 0.3) is 0 Å². The minimum Gasteiger partial charge on any atom is -0.399 e. The van der Waals surface area contributed by atoms with Gasteiger partial charge in [0.1, 0.15) is 7.11 Å². The SMILES string of the molecule is CO/N=C(/C)c1ccc(Cl)cc1. The Morgan fingerprint density at radius 2 is 1.92 bits per heavy atom. The van der Waals surface area contributed by atoms with Crippen LogP contribution in [-0.4, -0.2) is 12.8 Å². The zero-order valence-corrected chi connectivity index (χ0v) is 7.80. The van der Waals surface area contributed by atoms with Crippen molar-refractivity contribution in [3.8, 4) is 0 Å². The molecule has 1 aromatic carbocycles. The molecule has 2 nitrogen and oxygen atoms in total. The summed E-state index contributed by atoms with van der Waals surface area (Å²) in [6.45, 7) is 1.88. The molecule has 12 heavy (non-hydrogen) atoms. The molecule has 0 amide bonds. The van der Waals surface area contributed by atoms with Crippen molar-refractivity contribution in [1.29, 1.82) is 0 Å². The molecule has 0 saturated carbocycles. The van der Waals surface area contributed by atoms with Crippen molar-refractivity contribution in [3.63, 3.8) is 0 Å². The first-order chi connectivity index (χ1) is 5.74. The molecule has 0 aliphatic heterocycles. The molecule has 0 radical (unpaired) electrons. The third-order valence-corrected chi connectivity index (χ3v) is 1.74. The van der Waals surface area contributed by atoms with Crippen LogP contribution in [0.1, 0.15) is 12.5 Å². The van der Waals surface area contributed by atoms with Crippen LogP contribution in [0.15, 0.2) is 29.4 Å². The fourth-order valence-corrected chi connectivity index (χ4v) is 1.01. The minimum atomic E-state index is 0.726. The van der Waals surface area contributed by atoms with E-state index in [-0.39, 0.29) is 0 Å². The second kappa shape index (κ2) is 4.12. The third kappa shape index (κ3) is 2.24. The molecular formula is C9H10ClNO. The lowest BCUT2D eigenvalue weighted by atomic mass is 10.1.